The van der Waals surface area contributed by atoms with Crippen LogP contribution in [-0.2, 0) is 6.54 Å². The van der Waals surface area contributed by atoms with E-state index in [-0.39, 0.29) is 12.1 Å². The van der Waals surface area contributed by atoms with Crippen molar-refractivity contribution in [3.8, 4) is 0 Å². The number of hydrogen-bond donors (Lipinski definition) is 1. The van der Waals surface area contributed by atoms with Crippen molar-refractivity contribution in [3.05, 3.63) is 48.3 Å². The van der Waals surface area contributed by atoms with Gasteiger partial charge in [0.05, 0.1) is 17.9 Å². The fourth-order valence-electron chi connectivity index (χ4n) is 2.01. The van der Waals surface area contributed by atoms with E-state index in [9.17, 15) is 13.6 Å². The second-order valence-electron chi connectivity index (χ2n) is 4.97. The minimum Gasteiger partial charge on any atom is -0.321 e. The van der Waals surface area contributed by atoms with E-state index in [1.165, 1.54) is 12.4 Å². The van der Waals surface area contributed by atoms with Crippen molar-refractivity contribution in [1.82, 2.24) is 14.7 Å². The molecule has 1 aromatic heterocycles. The van der Waals surface area contributed by atoms with Gasteiger partial charge in [0.2, 0.25) is 0 Å². The highest BCUT2D eigenvalue weighted by Crippen LogP contribution is 2.19. The summed E-state index contributed by atoms with van der Waals surface area (Å²) in [5, 5.41) is 6.42. The Balaban J connectivity index is 1.98. The zero-order valence-electron chi connectivity index (χ0n) is 12.4. The molecular weight excluding hydrogens is 290 g/mol. The molecule has 0 unspecified atom stereocenters. The van der Waals surface area contributed by atoms with Crippen LogP contribution in [-0.4, -0.2) is 34.2 Å². The van der Waals surface area contributed by atoms with Gasteiger partial charge in [0.25, 0.3) is 6.43 Å². The van der Waals surface area contributed by atoms with Crippen LogP contribution in [0.1, 0.15) is 18.5 Å². The predicted octanol–water partition coefficient (Wildman–Crippen LogP) is 3.37. The van der Waals surface area contributed by atoms with Crippen LogP contribution in [0.15, 0.2) is 42.7 Å². The molecular formula is C15H18F2N4O. The molecule has 1 heterocycles. The summed E-state index contributed by atoms with van der Waals surface area (Å²) < 4.78 is 25.6. The van der Waals surface area contributed by atoms with E-state index in [0.717, 1.165) is 10.2 Å². The lowest BCUT2D eigenvalue weighted by Gasteiger charge is -2.25. The van der Waals surface area contributed by atoms with Crippen molar-refractivity contribution in [2.75, 3.05) is 12.4 Å². The second kappa shape index (κ2) is 7.02. The van der Waals surface area contributed by atoms with E-state index in [1.807, 2.05) is 37.3 Å². The van der Waals surface area contributed by atoms with Gasteiger partial charge in [-0.05, 0) is 12.5 Å². The normalized spacial score (nSPS) is 12.2. The van der Waals surface area contributed by atoms with Gasteiger partial charge in [0.15, 0.2) is 0 Å². The minimum absolute atomic E-state index is 0.114. The summed E-state index contributed by atoms with van der Waals surface area (Å²) in [5.41, 5.74) is 1.39. The van der Waals surface area contributed by atoms with Gasteiger partial charge < -0.3 is 10.2 Å². The van der Waals surface area contributed by atoms with Crippen LogP contribution in [0.3, 0.4) is 0 Å². The lowest BCUT2D eigenvalue weighted by Crippen LogP contribution is -2.33. The quantitative estimate of drug-likeness (QED) is 0.920. The Morgan fingerprint density at radius 2 is 2.05 bits per heavy atom. The molecule has 2 amide bonds. The molecule has 0 saturated heterocycles. The first-order chi connectivity index (χ1) is 10.5. The molecule has 0 spiro atoms. The first kappa shape index (κ1) is 15.9. The van der Waals surface area contributed by atoms with Crippen molar-refractivity contribution in [1.29, 1.82) is 0 Å². The molecule has 0 saturated carbocycles. The summed E-state index contributed by atoms with van der Waals surface area (Å²) in [6, 6.07) is 9.17. The third kappa shape index (κ3) is 4.03. The highest BCUT2D eigenvalue weighted by atomic mass is 19.3. The second-order valence-corrected chi connectivity index (χ2v) is 4.97. The van der Waals surface area contributed by atoms with E-state index in [0.29, 0.717) is 5.69 Å². The molecule has 0 bridgehead atoms. The summed E-state index contributed by atoms with van der Waals surface area (Å²) in [4.78, 5) is 13.7. The molecule has 0 aliphatic rings. The Kier molecular flexibility index (Phi) is 5.08. The summed E-state index contributed by atoms with van der Waals surface area (Å²) >= 11 is 0. The van der Waals surface area contributed by atoms with E-state index in [4.69, 9.17) is 0 Å². The molecule has 5 nitrogen and oxygen atoms in total. The van der Waals surface area contributed by atoms with Gasteiger partial charge in [-0.1, -0.05) is 30.3 Å². The monoisotopic (exact) mass is 308 g/mol. The lowest BCUT2D eigenvalue weighted by molar-refractivity contribution is 0.122. The third-order valence-corrected chi connectivity index (χ3v) is 3.39. The maximum absolute atomic E-state index is 12.3. The van der Waals surface area contributed by atoms with Crippen molar-refractivity contribution < 1.29 is 13.6 Å². The van der Waals surface area contributed by atoms with Gasteiger partial charge in [0, 0.05) is 13.2 Å². The number of carbonyl (C=O) groups excluding carboxylic acids is 1. The lowest BCUT2D eigenvalue weighted by atomic mass is 10.1. The van der Waals surface area contributed by atoms with Crippen LogP contribution >= 0.6 is 0 Å². The molecule has 7 heteroatoms. The highest BCUT2D eigenvalue weighted by molar-refractivity contribution is 5.89. The number of carbonyl (C=O) groups is 1. The van der Waals surface area contributed by atoms with Crippen LogP contribution in [0.5, 0.6) is 0 Å². The Hall–Kier alpha value is -2.44. The van der Waals surface area contributed by atoms with E-state index in [1.54, 1.807) is 11.9 Å². The Morgan fingerprint density at radius 3 is 2.68 bits per heavy atom. The molecule has 2 aromatic rings. The average molecular weight is 308 g/mol. The summed E-state index contributed by atoms with van der Waals surface area (Å²) in [5.74, 6) is 0. The molecule has 1 N–H and O–H groups in total. The van der Waals surface area contributed by atoms with Crippen molar-refractivity contribution in [2.24, 2.45) is 0 Å². The molecule has 0 radical (unpaired) electrons. The number of rotatable bonds is 5. The maximum Gasteiger partial charge on any atom is 0.322 e. The van der Waals surface area contributed by atoms with Gasteiger partial charge in [-0.3, -0.25) is 4.68 Å². The van der Waals surface area contributed by atoms with Crippen LogP contribution in [0.25, 0.3) is 0 Å². The summed E-state index contributed by atoms with van der Waals surface area (Å²) in [6.45, 7) is 1.42. The van der Waals surface area contributed by atoms with Crippen molar-refractivity contribution in [2.45, 2.75) is 25.9 Å². The number of amides is 2. The van der Waals surface area contributed by atoms with Gasteiger partial charge in [-0.25, -0.2) is 13.6 Å². The zero-order chi connectivity index (χ0) is 16.1. The molecule has 1 atom stereocenters. The molecule has 0 aliphatic carbocycles. The number of aromatic nitrogens is 2. The molecule has 1 aromatic carbocycles. The molecule has 22 heavy (non-hydrogen) atoms. The van der Waals surface area contributed by atoms with E-state index < -0.39 is 13.0 Å². The molecule has 118 valence electrons. The molecule has 0 fully saturated rings. The molecule has 0 aliphatic heterocycles. The van der Waals surface area contributed by atoms with E-state index >= 15 is 0 Å². The van der Waals surface area contributed by atoms with Crippen LogP contribution in [0, 0.1) is 0 Å². The van der Waals surface area contributed by atoms with Crippen LogP contribution in [0.2, 0.25) is 0 Å². The summed E-state index contributed by atoms with van der Waals surface area (Å²) in [6.07, 6.45) is 0.246. The smallest absolute Gasteiger partial charge is 0.321 e. The van der Waals surface area contributed by atoms with Crippen LogP contribution in [0.4, 0.5) is 19.3 Å². The minimum atomic E-state index is -2.48. The first-order valence-corrected chi connectivity index (χ1v) is 6.86. The number of urea groups is 1. The SMILES string of the molecule is C[C@H](c1ccccc1)N(C)C(=O)Nc1cnn(CC(F)F)c1. The van der Waals surface area contributed by atoms with Gasteiger partial charge >= 0.3 is 6.03 Å². The largest absolute Gasteiger partial charge is 0.322 e. The number of hydrogen-bond acceptors (Lipinski definition) is 2. The van der Waals surface area contributed by atoms with E-state index in [2.05, 4.69) is 10.4 Å². The molecule has 2 rings (SSSR count). The van der Waals surface area contributed by atoms with Gasteiger partial charge in [-0.2, -0.15) is 5.10 Å². The third-order valence-electron chi connectivity index (χ3n) is 3.39. The van der Waals surface area contributed by atoms with Gasteiger partial charge in [0.1, 0.15) is 6.54 Å². The number of nitrogens with one attached hydrogen (secondary N) is 1. The topological polar surface area (TPSA) is 50.2 Å². The number of benzene rings is 1. The Morgan fingerprint density at radius 1 is 1.36 bits per heavy atom. The predicted molar refractivity (Wildman–Crippen MR) is 79.9 cm³/mol. The Bertz CT molecular complexity index is 615. The number of halogens is 2. The van der Waals surface area contributed by atoms with Gasteiger partial charge in [-0.15, -0.1) is 0 Å². The Labute approximate surface area is 127 Å². The first-order valence-electron chi connectivity index (χ1n) is 6.86. The number of alkyl halides is 2. The fraction of sp³-hybridized carbons (Fsp3) is 0.333. The van der Waals surface area contributed by atoms with Crippen LogP contribution < -0.4 is 5.32 Å². The summed E-state index contributed by atoms with van der Waals surface area (Å²) in [7, 11) is 1.68. The fourth-order valence-corrected chi connectivity index (χ4v) is 2.01. The highest BCUT2D eigenvalue weighted by Gasteiger charge is 2.17. The zero-order valence-corrected chi connectivity index (χ0v) is 12.4. The number of nitrogens with zero attached hydrogens (tertiary/aromatic N) is 3. The van der Waals surface area contributed by atoms with Crippen molar-refractivity contribution >= 4 is 11.7 Å². The standard InChI is InChI=1S/C15H18F2N4O/c1-11(12-6-4-3-5-7-12)20(2)15(22)19-13-8-18-21(9-13)10-14(16)17/h3-9,11,14H,10H2,1-2H3,(H,19,22)/t11-/m1/s1. The van der Waals surface area contributed by atoms with Crippen molar-refractivity contribution in [3.63, 3.8) is 0 Å². The maximum atomic E-state index is 12.3. The number of anilines is 1. The average Bonchev–Trinajstić information content (AvgIpc) is 2.92.